The predicted octanol–water partition coefficient (Wildman–Crippen LogP) is 5.78. The minimum Gasteiger partial charge on any atom is -0.494 e. The first-order valence-corrected chi connectivity index (χ1v) is 11.7. The lowest BCUT2D eigenvalue weighted by molar-refractivity contribution is 0.265. The van der Waals surface area contributed by atoms with Crippen LogP contribution in [-0.4, -0.2) is 40.3 Å². The van der Waals surface area contributed by atoms with Crippen LogP contribution in [0.3, 0.4) is 0 Å². The lowest BCUT2D eigenvalue weighted by atomic mass is 10.1. The molecule has 2 N–H and O–H groups in total. The Morgan fingerprint density at radius 3 is 2.60 bits per heavy atom. The van der Waals surface area contributed by atoms with E-state index in [1.54, 1.807) is 37.8 Å². The van der Waals surface area contributed by atoms with Gasteiger partial charge in [0.25, 0.3) is 0 Å². The van der Waals surface area contributed by atoms with E-state index in [-0.39, 0.29) is 11.3 Å². The summed E-state index contributed by atoms with van der Waals surface area (Å²) in [6, 6.07) is 10.9. The van der Waals surface area contributed by atoms with Gasteiger partial charge >= 0.3 is 0 Å². The van der Waals surface area contributed by atoms with Gasteiger partial charge in [-0.05, 0) is 48.4 Å². The van der Waals surface area contributed by atoms with Gasteiger partial charge in [-0.1, -0.05) is 29.3 Å². The number of rotatable bonds is 3. The summed E-state index contributed by atoms with van der Waals surface area (Å²) in [4.78, 5) is 14.3. The average Bonchev–Trinajstić information content (AvgIpc) is 3.26. The summed E-state index contributed by atoms with van der Waals surface area (Å²) >= 11 is 18.0. The number of benzene rings is 2. The van der Waals surface area contributed by atoms with E-state index < -0.39 is 0 Å². The molecule has 35 heavy (non-hydrogen) atoms. The Labute approximate surface area is 218 Å². The Balaban J connectivity index is 0.000000172. The number of fused-ring (bicyclic) bond motifs is 1. The first kappa shape index (κ1) is 24.9. The number of imidazole rings is 1. The Morgan fingerprint density at radius 2 is 1.91 bits per heavy atom. The largest absolute Gasteiger partial charge is 0.494 e. The summed E-state index contributed by atoms with van der Waals surface area (Å²) in [5.74, 6) is 2.00. The summed E-state index contributed by atoms with van der Waals surface area (Å²) in [6.45, 7) is 2.40. The van der Waals surface area contributed by atoms with Gasteiger partial charge in [-0.15, -0.1) is 0 Å². The Bertz CT molecular complexity index is 1350. The highest BCUT2D eigenvalue weighted by Crippen LogP contribution is 2.39. The molecule has 0 saturated carbocycles. The SMILES string of the molecule is CN1c2nc(Cl)ncc2OCC1c1ccc(Cl)cc1Cl.COc1cc(N)ccc1-n1cnc(C)c1. The van der Waals surface area contributed by atoms with E-state index >= 15 is 0 Å². The van der Waals surface area contributed by atoms with Crippen molar-refractivity contribution in [1.82, 2.24) is 19.5 Å². The number of nitrogen functional groups attached to an aromatic ring is 1. The Hall–Kier alpha value is -3.20. The van der Waals surface area contributed by atoms with Gasteiger partial charge in [-0.3, -0.25) is 0 Å². The first-order chi connectivity index (χ1) is 16.8. The maximum Gasteiger partial charge on any atom is 0.224 e. The normalized spacial score (nSPS) is 14.5. The third kappa shape index (κ3) is 5.56. The zero-order valence-corrected chi connectivity index (χ0v) is 21.5. The van der Waals surface area contributed by atoms with Crippen LogP contribution in [0.25, 0.3) is 5.69 Å². The quantitative estimate of drug-likeness (QED) is 0.264. The molecule has 5 rings (SSSR count). The number of methoxy groups -OCH3 is 1. The van der Waals surface area contributed by atoms with Crippen LogP contribution in [0.1, 0.15) is 17.3 Å². The van der Waals surface area contributed by atoms with Gasteiger partial charge in [-0.25, -0.2) is 9.97 Å². The molecule has 1 atom stereocenters. The molecule has 0 bridgehead atoms. The molecular weight excluding hydrogens is 511 g/mol. The number of aryl methyl sites for hydroxylation is 1. The maximum absolute atomic E-state index is 6.26. The van der Waals surface area contributed by atoms with E-state index in [9.17, 15) is 0 Å². The van der Waals surface area contributed by atoms with Gasteiger partial charge in [0.05, 0.1) is 37.1 Å². The van der Waals surface area contributed by atoms with Gasteiger partial charge in [0.1, 0.15) is 12.4 Å². The third-order valence-electron chi connectivity index (χ3n) is 5.42. The molecular formula is C24H23Cl3N6O2. The van der Waals surface area contributed by atoms with Crippen molar-refractivity contribution >= 4 is 46.3 Å². The lowest BCUT2D eigenvalue weighted by Crippen LogP contribution is -2.34. The molecule has 0 radical (unpaired) electrons. The number of anilines is 2. The highest BCUT2D eigenvalue weighted by molar-refractivity contribution is 6.35. The molecule has 0 spiro atoms. The summed E-state index contributed by atoms with van der Waals surface area (Å²) in [5.41, 5.74) is 9.20. The van der Waals surface area contributed by atoms with E-state index in [4.69, 9.17) is 50.0 Å². The first-order valence-electron chi connectivity index (χ1n) is 10.5. The Morgan fingerprint density at radius 1 is 1.11 bits per heavy atom. The molecule has 2 aromatic carbocycles. The number of ether oxygens (including phenoxy) is 2. The monoisotopic (exact) mass is 532 g/mol. The van der Waals surface area contributed by atoms with Crippen LogP contribution in [0.2, 0.25) is 15.3 Å². The number of nitrogens with two attached hydrogens (primary N) is 1. The number of aromatic nitrogens is 4. The molecule has 0 saturated heterocycles. The number of hydrogen-bond donors (Lipinski definition) is 1. The standard InChI is InChI=1S/C13H10Cl3N3O.C11H13N3O/c1-19-10(8-3-2-7(14)4-9(8)15)6-20-11-5-17-13(16)18-12(11)19;1-8-6-14(7-13-8)10-4-3-9(12)5-11(10)15-2/h2-5,10H,6H2,1H3;3-7H,12H2,1-2H3. The van der Waals surface area contributed by atoms with Crippen LogP contribution in [0.5, 0.6) is 11.5 Å². The van der Waals surface area contributed by atoms with Crippen molar-refractivity contribution < 1.29 is 9.47 Å². The maximum atomic E-state index is 6.26. The van der Waals surface area contributed by atoms with Crippen molar-refractivity contribution in [2.75, 3.05) is 31.4 Å². The Kier molecular flexibility index (Phi) is 7.54. The van der Waals surface area contributed by atoms with Gasteiger partial charge in [-0.2, -0.15) is 4.98 Å². The number of halogens is 3. The van der Waals surface area contributed by atoms with Crippen molar-refractivity contribution in [2.24, 2.45) is 0 Å². The molecule has 4 aromatic rings. The van der Waals surface area contributed by atoms with Crippen LogP contribution in [0.15, 0.2) is 55.1 Å². The van der Waals surface area contributed by atoms with E-state index in [0.29, 0.717) is 33.9 Å². The lowest BCUT2D eigenvalue weighted by Gasteiger charge is -2.35. The molecule has 2 aromatic heterocycles. The third-order valence-corrected chi connectivity index (χ3v) is 6.16. The van der Waals surface area contributed by atoms with Crippen LogP contribution in [-0.2, 0) is 0 Å². The van der Waals surface area contributed by atoms with E-state index in [1.807, 2.05) is 47.8 Å². The molecule has 1 aliphatic heterocycles. The van der Waals surface area contributed by atoms with Gasteiger partial charge in [0, 0.05) is 35.0 Å². The van der Waals surface area contributed by atoms with Crippen LogP contribution < -0.4 is 20.1 Å². The molecule has 11 heteroatoms. The summed E-state index contributed by atoms with van der Waals surface area (Å²) < 4.78 is 12.9. The zero-order valence-electron chi connectivity index (χ0n) is 19.2. The molecule has 1 unspecified atom stereocenters. The van der Waals surface area contributed by atoms with E-state index in [2.05, 4.69) is 15.0 Å². The van der Waals surface area contributed by atoms with Crippen molar-refractivity contribution in [3.63, 3.8) is 0 Å². The zero-order chi connectivity index (χ0) is 25.1. The fourth-order valence-corrected chi connectivity index (χ4v) is 4.32. The van der Waals surface area contributed by atoms with Gasteiger partial charge in [0.2, 0.25) is 5.28 Å². The topological polar surface area (TPSA) is 91.3 Å². The predicted molar refractivity (Wildman–Crippen MR) is 139 cm³/mol. The second kappa shape index (κ2) is 10.6. The van der Waals surface area contributed by atoms with Gasteiger partial charge < -0.3 is 24.7 Å². The average molecular weight is 534 g/mol. The van der Waals surface area contributed by atoms with Crippen molar-refractivity contribution in [2.45, 2.75) is 13.0 Å². The summed E-state index contributed by atoms with van der Waals surface area (Å²) in [6.07, 6.45) is 5.26. The molecule has 0 amide bonds. The second-order valence-electron chi connectivity index (χ2n) is 7.78. The fourth-order valence-electron chi connectivity index (χ4n) is 3.65. The van der Waals surface area contributed by atoms with Crippen molar-refractivity contribution in [3.8, 4) is 17.2 Å². The molecule has 0 fully saturated rings. The second-order valence-corrected chi connectivity index (χ2v) is 8.97. The molecule has 1 aliphatic rings. The molecule has 8 nitrogen and oxygen atoms in total. The fraction of sp³-hybridized carbons (Fsp3) is 0.208. The van der Waals surface area contributed by atoms with Crippen LogP contribution >= 0.6 is 34.8 Å². The van der Waals surface area contributed by atoms with E-state index in [1.165, 1.54) is 0 Å². The highest BCUT2D eigenvalue weighted by Gasteiger charge is 2.29. The van der Waals surface area contributed by atoms with Crippen LogP contribution in [0, 0.1) is 6.92 Å². The molecule has 0 aliphatic carbocycles. The summed E-state index contributed by atoms with van der Waals surface area (Å²) in [7, 11) is 3.54. The van der Waals surface area contributed by atoms with Crippen molar-refractivity contribution in [3.05, 3.63) is 81.7 Å². The van der Waals surface area contributed by atoms with Crippen molar-refractivity contribution in [1.29, 1.82) is 0 Å². The number of nitrogens with zero attached hydrogens (tertiary/aromatic N) is 5. The molecule has 182 valence electrons. The highest BCUT2D eigenvalue weighted by atomic mass is 35.5. The smallest absolute Gasteiger partial charge is 0.224 e. The van der Waals surface area contributed by atoms with Gasteiger partial charge in [0.15, 0.2) is 11.6 Å². The van der Waals surface area contributed by atoms with E-state index in [0.717, 1.165) is 22.7 Å². The minimum absolute atomic E-state index is 0.0572. The van der Waals surface area contributed by atoms with Crippen LogP contribution in [0.4, 0.5) is 11.5 Å². The minimum atomic E-state index is -0.0572. The number of likely N-dealkylation sites (N-methyl/N-ethyl adjacent to an activating group) is 1. The summed E-state index contributed by atoms with van der Waals surface area (Å²) in [5, 5.41) is 1.38. The molecule has 3 heterocycles. The number of hydrogen-bond acceptors (Lipinski definition) is 7.